The first-order valence-electron chi connectivity index (χ1n) is 3.24. The second-order valence-corrected chi connectivity index (χ2v) is 3.93. The Hall–Kier alpha value is -0.580. The zero-order valence-electron chi connectivity index (χ0n) is 7.59. The number of rotatable bonds is 1. The zero-order valence-corrected chi connectivity index (χ0v) is 8.49. The second kappa shape index (κ2) is 3.89. The van der Waals surface area contributed by atoms with E-state index in [-0.39, 0.29) is 5.96 Å². The van der Waals surface area contributed by atoms with Crippen molar-refractivity contribution in [2.24, 2.45) is 4.76 Å². The Bertz CT molecular complexity index is 210. The molecule has 0 amide bonds. The van der Waals surface area contributed by atoms with Crippen LogP contribution in [0, 0.1) is 0 Å². The van der Waals surface area contributed by atoms with Gasteiger partial charge in [0.15, 0.2) is 0 Å². The summed E-state index contributed by atoms with van der Waals surface area (Å²) in [6.45, 7) is 0. The molecule has 7 heteroatoms. The molecule has 0 saturated heterocycles. The zero-order chi connectivity index (χ0) is 9.94. The predicted molar refractivity (Wildman–Crippen MR) is 46.9 cm³/mol. The highest BCUT2D eigenvalue weighted by Gasteiger charge is 2.15. The number of guanidine groups is 1. The largest absolute Gasteiger partial charge is 0.451 e. The van der Waals surface area contributed by atoms with E-state index in [2.05, 4.69) is 4.76 Å². The van der Waals surface area contributed by atoms with Gasteiger partial charge in [0.1, 0.15) is 0 Å². The fraction of sp³-hybridized carbons (Fsp3) is 0.800. The average molecular weight is 195 g/mol. The molecular weight excluding hydrogens is 181 g/mol. The Morgan fingerprint density at radius 1 is 1.17 bits per heavy atom. The van der Waals surface area contributed by atoms with Crippen molar-refractivity contribution < 1.29 is 14.4 Å². The molecule has 0 aromatic rings. The molecule has 0 heterocycles. The van der Waals surface area contributed by atoms with Gasteiger partial charge >= 0.3 is 7.75 Å². The van der Waals surface area contributed by atoms with E-state index in [0.717, 1.165) is 0 Å². The predicted octanol–water partition coefficient (Wildman–Crippen LogP) is -0.442. The van der Waals surface area contributed by atoms with Gasteiger partial charge in [0.25, 0.3) is 0 Å². The molecule has 0 aliphatic heterocycles. The SMILES string of the molecule is CN(C)C(=NP(=O)(O)O)N(C)C. The van der Waals surface area contributed by atoms with Crippen molar-refractivity contribution in [2.45, 2.75) is 0 Å². The van der Waals surface area contributed by atoms with E-state index >= 15 is 0 Å². The van der Waals surface area contributed by atoms with Gasteiger partial charge in [0, 0.05) is 28.2 Å². The molecule has 0 spiro atoms. The van der Waals surface area contributed by atoms with Crippen molar-refractivity contribution in [3.8, 4) is 0 Å². The van der Waals surface area contributed by atoms with Crippen LogP contribution in [-0.4, -0.2) is 53.7 Å². The van der Waals surface area contributed by atoms with E-state index in [4.69, 9.17) is 9.79 Å². The summed E-state index contributed by atoms with van der Waals surface area (Å²) in [5, 5.41) is 0. The summed E-state index contributed by atoms with van der Waals surface area (Å²) in [7, 11) is 2.32. The lowest BCUT2D eigenvalue weighted by atomic mass is 10.7. The summed E-state index contributed by atoms with van der Waals surface area (Å²) in [5.74, 6) is 0.239. The quantitative estimate of drug-likeness (QED) is 0.337. The van der Waals surface area contributed by atoms with Gasteiger partial charge in [-0.15, -0.1) is 4.76 Å². The minimum Gasteiger partial charge on any atom is -0.349 e. The number of hydrogen-bond acceptors (Lipinski definition) is 1. The molecule has 0 bridgehead atoms. The van der Waals surface area contributed by atoms with E-state index in [1.54, 1.807) is 28.2 Å². The molecule has 0 aromatic carbocycles. The summed E-state index contributed by atoms with van der Waals surface area (Å²) in [6, 6.07) is 0. The van der Waals surface area contributed by atoms with E-state index in [1.807, 2.05) is 0 Å². The molecule has 0 radical (unpaired) electrons. The molecule has 2 N–H and O–H groups in total. The normalized spacial score (nSPS) is 10.8. The summed E-state index contributed by atoms with van der Waals surface area (Å²) >= 11 is 0. The molecule has 0 saturated carbocycles. The average Bonchev–Trinajstić information content (AvgIpc) is 1.79. The van der Waals surface area contributed by atoms with Crippen LogP contribution >= 0.6 is 7.75 Å². The number of hydrogen-bond donors (Lipinski definition) is 2. The Balaban J connectivity index is 4.75. The van der Waals surface area contributed by atoms with Crippen LogP contribution < -0.4 is 0 Å². The Labute approximate surface area is 71.7 Å². The molecule has 0 fully saturated rings. The van der Waals surface area contributed by atoms with Crippen LogP contribution in [0.2, 0.25) is 0 Å². The van der Waals surface area contributed by atoms with E-state index in [9.17, 15) is 4.57 Å². The monoisotopic (exact) mass is 195 g/mol. The molecule has 6 nitrogen and oxygen atoms in total. The van der Waals surface area contributed by atoms with Gasteiger partial charge in [0.2, 0.25) is 5.96 Å². The van der Waals surface area contributed by atoms with Gasteiger partial charge in [-0.3, -0.25) is 0 Å². The second-order valence-electron chi connectivity index (χ2n) is 2.70. The van der Waals surface area contributed by atoms with Crippen LogP contribution in [-0.2, 0) is 4.57 Å². The summed E-state index contributed by atoms with van der Waals surface area (Å²) in [4.78, 5) is 20.2. The molecule has 0 rings (SSSR count). The van der Waals surface area contributed by atoms with Crippen LogP contribution in [0.25, 0.3) is 0 Å². The third kappa shape index (κ3) is 4.33. The summed E-state index contributed by atoms with van der Waals surface area (Å²) in [6.07, 6.45) is 0. The van der Waals surface area contributed by atoms with Crippen molar-refractivity contribution in [2.75, 3.05) is 28.2 Å². The lowest BCUT2D eigenvalue weighted by Crippen LogP contribution is -2.35. The number of nitrogens with zero attached hydrogens (tertiary/aromatic N) is 3. The highest BCUT2D eigenvalue weighted by molar-refractivity contribution is 7.50. The maximum atomic E-state index is 10.5. The minimum absolute atomic E-state index is 0.239. The Morgan fingerprint density at radius 2 is 1.50 bits per heavy atom. The van der Waals surface area contributed by atoms with E-state index in [0.29, 0.717) is 0 Å². The highest BCUT2D eigenvalue weighted by Crippen LogP contribution is 2.36. The first-order chi connectivity index (χ1) is 5.24. The van der Waals surface area contributed by atoms with Gasteiger partial charge < -0.3 is 19.6 Å². The van der Waals surface area contributed by atoms with Crippen molar-refractivity contribution in [1.29, 1.82) is 0 Å². The van der Waals surface area contributed by atoms with Crippen LogP contribution in [0.4, 0.5) is 0 Å². The Kier molecular flexibility index (Phi) is 3.70. The van der Waals surface area contributed by atoms with Crippen LogP contribution in [0.5, 0.6) is 0 Å². The molecule has 72 valence electrons. The van der Waals surface area contributed by atoms with Gasteiger partial charge in [-0.1, -0.05) is 0 Å². The van der Waals surface area contributed by atoms with Crippen LogP contribution in [0.15, 0.2) is 4.76 Å². The molecule has 12 heavy (non-hydrogen) atoms. The van der Waals surface area contributed by atoms with Crippen LogP contribution in [0.1, 0.15) is 0 Å². The van der Waals surface area contributed by atoms with Gasteiger partial charge in [0.05, 0.1) is 0 Å². The molecule has 0 atom stereocenters. The summed E-state index contributed by atoms with van der Waals surface area (Å²) < 4.78 is 13.7. The smallest absolute Gasteiger partial charge is 0.349 e. The molecular formula is C5H14N3O3P. The maximum Gasteiger partial charge on any atom is 0.451 e. The maximum absolute atomic E-state index is 10.5. The minimum atomic E-state index is -4.32. The van der Waals surface area contributed by atoms with Crippen molar-refractivity contribution in [3.05, 3.63) is 0 Å². The van der Waals surface area contributed by atoms with Gasteiger partial charge in [-0.25, -0.2) is 4.57 Å². The van der Waals surface area contributed by atoms with Gasteiger partial charge in [-0.05, 0) is 0 Å². The topological polar surface area (TPSA) is 76.4 Å². The van der Waals surface area contributed by atoms with Crippen molar-refractivity contribution in [3.63, 3.8) is 0 Å². The van der Waals surface area contributed by atoms with Gasteiger partial charge in [-0.2, -0.15) is 0 Å². The fourth-order valence-corrected chi connectivity index (χ4v) is 1.29. The standard InChI is InChI=1S/C5H14N3O3P/c1-7(2)5(8(3)4)6-12(9,10)11/h1-4H3,(H2,9,10,11). The van der Waals surface area contributed by atoms with E-state index in [1.165, 1.54) is 9.80 Å². The molecule has 0 aliphatic carbocycles. The van der Waals surface area contributed by atoms with Crippen LogP contribution in [0.3, 0.4) is 0 Å². The fourth-order valence-electron chi connectivity index (χ4n) is 0.695. The first-order valence-corrected chi connectivity index (χ1v) is 4.81. The summed E-state index contributed by atoms with van der Waals surface area (Å²) in [5.41, 5.74) is 0. The Morgan fingerprint density at radius 3 is 1.58 bits per heavy atom. The third-order valence-corrected chi connectivity index (χ3v) is 1.46. The first kappa shape index (κ1) is 11.4. The van der Waals surface area contributed by atoms with Crippen molar-refractivity contribution in [1.82, 2.24) is 9.80 Å². The molecule has 0 unspecified atom stereocenters. The van der Waals surface area contributed by atoms with Crippen molar-refractivity contribution >= 4 is 13.7 Å². The van der Waals surface area contributed by atoms with E-state index < -0.39 is 7.75 Å². The highest BCUT2D eigenvalue weighted by atomic mass is 31.2. The molecule has 0 aliphatic rings. The lowest BCUT2D eigenvalue weighted by Gasteiger charge is -2.22. The lowest BCUT2D eigenvalue weighted by molar-refractivity contribution is 0.371. The molecule has 0 aromatic heterocycles. The third-order valence-electron chi connectivity index (χ3n) is 1.02.